The maximum Gasteiger partial charge on any atom is 0.0697 e. The molecule has 1 saturated heterocycles. The van der Waals surface area contributed by atoms with Gasteiger partial charge in [-0.3, -0.25) is 0 Å². The fourth-order valence-corrected chi connectivity index (χ4v) is 13.3. The van der Waals surface area contributed by atoms with Crippen molar-refractivity contribution >= 4 is 62.8 Å². The summed E-state index contributed by atoms with van der Waals surface area (Å²) in [6, 6.07) is 0. The highest BCUT2D eigenvalue weighted by molar-refractivity contribution is 9.18. The maximum atomic E-state index is 2.26. The molecule has 0 N–H and O–H groups in total. The Bertz CT molecular complexity index is 75.7. The predicted octanol–water partition coefficient (Wildman–Crippen LogP) is 4.75. The normalized spacial score (nSPS) is 36.6. The lowest BCUT2D eigenvalue weighted by molar-refractivity contribution is 1.44. The quantitative estimate of drug-likeness (QED) is 0.563. The molecule has 0 atom stereocenters. The summed E-state index contributed by atoms with van der Waals surface area (Å²) in [6.45, 7) is 4.51. The highest BCUT2D eigenvalue weighted by atomic mass is 33.5. The summed E-state index contributed by atoms with van der Waals surface area (Å²) >= 11 is 0. The molecule has 1 heterocycles. The largest absolute Gasteiger partial charge is 0.0697 e. The third-order valence-electron chi connectivity index (χ3n) is 0.699. The van der Waals surface area contributed by atoms with Gasteiger partial charge in [-0.25, -0.2) is 0 Å². The Morgan fingerprint density at radius 3 is 1.30 bits per heavy atom. The molecule has 0 aliphatic carbocycles. The van der Waals surface area contributed by atoms with Gasteiger partial charge in [-0.1, -0.05) is 43.2 Å². The summed E-state index contributed by atoms with van der Waals surface area (Å²) in [4.78, 5) is 0. The fourth-order valence-electron chi connectivity index (χ4n) is 0.299. The Kier molecular flexibility index (Phi) is 5.80. The van der Waals surface area contributed by atoms with Crippen LogP contribution in [0.5, 0.6) is 0 Å². The number of hydrogen-bond donors (Lipinski definition) is 0. The highest BCUT2D eigenvalue weighted by Gasteiger charge is 2.13. The van der Waals surface area contributed by atoms with Gasteiger partial charge in [-0.2, -0.15) is 0 Å². The molecule has 0 aromatic carbocycles. The molecule has 0 aromatic rings. The minimum Gasteiger partial charge on any atom is -0.0675 e. The molecule has 10 heavy (non-hydrogen) atoms. The third kappa shape index (κ3) is 4.21. The fraction of sp³-hybridized carbons (Fsp3) is 1.00. The monoisotopic (exact) mass is 248 g/mol. The minimum absolute atomic E-state index is 0.725. The molecule has 0 bridgehead atoms. The second kappa shape index (κ2) is 5.70. The van der Waals surface area contributed by atoms with E-state index in [-0.39, 0.29) is 0 Å². The molecule has 60 valence electrons. The Balaban J connectivity index is 2.21. The van der Waals surface area contributed by atoms with Crippen molar-refractivity contribution in [3.63, 3.8) is 0 Å². The van der Waals surface area contributed by atoms with Gasteiger partial charge in [0.2, 0.25) is 0 Å². The van der Waals surface area contributed by atoms with Gasteiger partial charge in [-0.15, -0.1) is 0 Å². The first-order chi connectivity index (χ1) is 4.79. The Morgan fingerprint density at radius 1 is 0.700 bits per heavy atom. The van der Waals surface area contributed by atoms with Crippen LogP contribution >= 0.6 is 62.8 Å². The van der Waals surface area contributed by atoms with Crippen LogP contribution in [0.4, 0.5) is 0 Å². The second-order valence-corrected chi connectivity index (χ2v) is 11.7. The first-order valence-electron chi connectivity index (χ1n) is 2.76. The Morgan fingerprint density at radius 2 is 1.00 bits per heavy atom. The van der Waals surface area contributed by atoms with Gasteiger partial charge in [0.25, 0.3) is 0 Å². The molecule has 0 nitrogen and oxygen atoms in total. The van der Waals surface area contributed by atoms with E-state index in [4.69, 9.17) is 0 Å². The van der Waals surface area contributed by atoms with Gasteiger partial charge in [-0.05, 0) is 33.5 Å². The van der Waals surface area contributed by atoms with Crippen molar-refractivity contribution in [1.82, 2.24) is 0 Å². The van der Waals surface area contributed by atoms with Crippen LogP contribution in [0.3, 0.4) is 0 Å². The number of hydrogen-bond acceptors (Lipinski definition) is 6. The van der Waals surface area contributed by atoms with Crippen molar-refractivity contribution in [3.8, 4) is 0 Å². The van der Waals surface area contributed by atoms with Crippen LogP contribution in [-0.2, 0) is 0 Å². The van der Waals surface area contributed by atoms with Crippen LogP contribution < -0.4 is 0 Å². The van der Waals surface area contributed by atoms with E-state index >= 15 is 0 Å². The van der Waals surface area contributed by atoms with Crippen LogP contribution in [0.25, 0.3) is 0 Å². The van der Waals surface area contributed by atoms with Crippen molar-refractivity contribution in [2.45, 2.75) is 23.0 Å². The van der Waals surface area contributed by atoms with E-state index in [1.54, 1.807) is 0 Å². The van der Waals surface area contributed by atoms with E-state index in [1.807, 2.05) is 62.8 Å². The first kappa shape index (κ1) is 10.2. The summed E-state index contributed by atoms with van der Waals surface area (Å²) in [5.41, 5.74) is 0. The first-order valence-corrected chi connectivity index (χ1v) is 9.98. The van der Waals surface area contributed by atoms with Gasteiger partial charge in [0.15, 0.2) is 0 Å². The van der Waals surface area contributed by atoms with Gasteiger partial charge < -0.3 is 0 Å². The molecule has 1 aliphatic rings. The van der Waals surface area contributed by atoms with E-state index < -0.39 is 0 Å². The molecule has 0 amide bonds. The van der Waals surface area contributed by atoms with Gasteiger partial charge in [0, 0.05) is 0 Å². The molecule has 1 aliphatic heterocycles. The van der Waals surface area contributed by atoms with Crippen LogP contribution in [-0.4, -0.2) is 9.16 Å². The molecule has 0 spiro atoms. The molecule has 0 aromatic heterocycles. The SMILES string of the molecule is CC1SSSC(C)SSS1. The van der Waals surface area contributed by atoms with E-state index in [0.29, 0.717) is 0 Å². The molecular weight excluding hydrogens is 240 g/mol. The Labute approximate surface area is 85.2 Å². The predicted molar refractivity (Wildman–Crippen MR) is 64.5 cm³/mol. The zero-order valence-electron chi connectivity index (χ0n) is 5.60. The molecule has 1 fully saturated rings. The number of rotatable bonds is 0. The maximum absolute atomic E-state index is 2.26. The lowest BCUT2D eigenvalue weighted by Gasteiger charge is -2.15. The summed E-state index contributed by atoms with van der Waals surface area (Å²) in [5, 5.41) is 0. The van der Waals surface area contributed by atoms with Crippen molar-refractivity contribution < 1.29 is 0 Å². The van der Waals surface area contributed by atoms with Crippen molar-refractivity contribution in [2.75, 3.05) is 0 Å². The van der Waals surface area contributed by atoms with E-state index in [1.165, 1.54) is 0 Å². The topological polar surface area (TPSA) is 0 Å². The summed E-state index contributed by atoms with van der Waals surface area (Å²) < 4.78 is 1.45. The molecular formula is C4H8S6. The lowest BCUT2D eigenvalue weighted by atomic mass is 11.0. The second-order valence-electron chi connectivity index (χ2n) is 1.66. The van der Waals surface area contributed by atoms with Crippen LogP contribution in [0, 0.1) is 0 Å². The minimum atomic E-state index is 0.725. The molecule has 0 saturated carbocycles. The van der Waals surface area contributed by atoms with Gasteiger partial charge >= 0.3 is 0 Å². The Hall–Kier alpha value is 2.10. The van der Waals surface area contributed by atoms with Crippen molar-refractivity contribution in [3.05, 3.63) is 0 Å². The van der Waals surface area contributed by atoms with E-state index in [0.717, 1.165) is 9.16 Å². The summed E-state index contributed by atoms with van der Waals surface area (Å²) in [7, 11) is 11.7. The van der Waals surface area contributed by atoms with E-state index in [9.17, 15) is 0 Å². The molecule has 6 heteroatoms. The summed E-state index contributed by atoms with van der Waals surface area (Å²) in [6.07, 6.45) is 0. The molecule has 0 unspecified atom stereocenters. The van der Waals surface area contributed by atoms with E-state index in [2.05, 4.69) is 13.8 Å². The van der Waals surface area contributed by atoms with Gasteiger partial charge in [0.1, 0.15) is 0 Å². The zero-order chi connectivity index (χ0) is 7.40. The van der Waals surface area contributed by atoms with Crippen molar-refractivity contribution in [2.24, 2.45) is 0 Å². The smallest absolute Gasteiger partial charge is 0.0675 e. The van der Waals surface area contributed by atoms with Crippen LogP contribution in [0.2, 0.25) is 0 Å². The standard InChI is InChI=1S/C4H8S6/c1-3-5-9-7-4(2)8-10-6-3/h3-4H,1-2H3. The average molecular weight is 249 g/mol. The van der Waals surface area contributed by atoms with Crippen LogP contribution in [0.15, 0.2) is 0 Å². The van der Waals surface area contributed by atoms with Crippen molar-refractivity contribution in [1.29, 1.82) is 0 Å². The zero-order valence-corrected chi connectivity index (χ0v) is 10.5. The lowest BCUT2D eigenvalue weighted by Crippen LogP contribution is -1.87. The summed E-state index contributed by atoms with van der Waals surface area (Å²) in [5.74, 6) is 0. The molecule has 0 radical (unpaired) electrons. The average Bonchev–Trinajstić information content (AvgIpc) is 1.84. The van der Waals surface area contributed by atoms with Gasteiger partial charge in [0.05, 0.1) is 9.16 Å². The highest BCUT2D eigenvalue weighted by Crippen LogP contribution is 2.56. The van der Waals surface area contributed by atoms with Crippen LogP contribution in [0.1, 0.15) is 13.8 Å². The molecule has 1 rings (SSSR count). The third-order valence-corrected chi connectivity index (χ3v) is 11.9.